The van der Waals surface area contributed by atoms with Gasteiger partial charge in [0.05, 0.1) is 12.2 Å². The molecule has 1 N–H and O–H groups in total. The predicted molar refractivity (Wildman–Crippen MR) is 46.9 cm³/mol. The lowest BCUT2D eigenvalue weighted by atomic mass is 9.91. The van der Waals surface area contributed by atoms with Crippen molar-refractivity contribution in [3.63, 3.8) is 0 Å². The molecule has 2 heteroatoms. The third-order valence-corrected chi connectivity index (χ3v) is 3.21. The largest absolute Gasteiger partial charge is 0.392 e. The van der Waals surface area contributed by atoms with E-state index in [1.807, 2.05) is 0 Å². The molecule has 3 unspecified atom stereocenters. The van der Waals surface area contributed by atoms with E-state index < -0.39 is 0 Å². The first kappa shape index (κ1) is 8.52. The fourth-order valence-electron chi connectivity index (χ4n) is 2.26. The quantitative estimate of drug-likeness (QED) is 0.696. The van der Waals surface area contributed by atoms with Crippen LogP contribution in [0.1, 0.15) is 32.6 Å². The van der Waals surface area contributed by atoms with Crippen molar-refractivity contribution in [2.75, 3.05) is 6.61 Å². The molecular weight excluding hydrogens is 152 g/mol. The maximum Gasteiger partial charge on any atom is 0.0626 e. The molecule has 1 heterocycles. The van der Waals surface area contributed by atoms with Gasteiger partial charge in [0.1, 0.15) is 0 Å². The first-order valence-corrected chi connectivity index (χ1v) is 5.12. The minimum atomic E-state index is -0.0718. The van der Waals surface area contributed by atoms with Crippen molar-refractivity contribution in [1.82, 2.24) is 0 Å². The van der Waals surface area contributed by atoms with E-state index in [2.05, 4.69) is 6.92 Å². The van der Waals surface area contributed by atoms with Gasteiger partial charge in [-0.2, -0.15) is 0 Å². The molecule has 2 nitrogen and oxygen atoms in total. The zero-order valence-electron chi connectivity index (χ0n) is 7.70. The molecule has 0 spiro atoms. The standard InChI is InChI=1S/C10H18O2/c1-2-9-8(5-6-12-9)10(11)7-3-4-7/h7-11H,2-6H2,1H3. The molecule has 3 atom stereocenters. The second-order valence-corrected chi connectivity index (χ2v) is 4.10. The monoisotopic (exact) mass is 170 g/mol. The van der Waals surface area contributed by atoms with E-state index in [4.69, 9.17) is 4.74 Å². The van der Waals surface area contributed by atoms with Crippen molar-refractivity contribution in [3.8, 4) is 0 Å². The molecule has 0 amide bonds. The zero-order chi connectivity index (χ0) is 8.55. The van der Waals surface area contributed by atoms with Crippen LogP contribution in [0.4, 0.5) is 0 Å². The van der Waals surface area contributed by atoms with Gasteiger partial charge in [0.2, 0.25) is 0 Å². The van der Waals surface area contributed by atoms with Crippen LogP contribution in [0.15, 0.2) is 0 Å². The van der Waals surface area contributed by atoms with Crippen molar-refractivity contribution in [2.45, 2.75) is 44.8 Å². The van der Waals surface area contributed by atoms with Crippen LogP contribution >= 0.6 is 0 Å². The molecule has 2 fully saturated rings. The second kappa shape index (κ2) is 3.35. The Hall–Kier alpha value is -0.0800. The number of hydrogen-bond acceptors (Lipinski definition) is 2. The summed E-state index contributed by atoms with van der Waals surface area (Å²) in [7, 11) is 0. The van der Waals surface area contributed by atoms with Crippen LogP contribution < -0.4 is 0 Å². The van der Waals surface area contributed by atoms with Crippen LogP contribution in [0.2, 0.25) is 0 Å². The normalized spacial score (nSPS) is 38.5. The molecule has 0 aromatic rings. The topological polar surface area (TPSA) is 29.5 Å². The Morgan fingerprint density at radius 2 is 2.17 bits per heavy atom. The molecule has 0 aromatic heterocycles. The Labute approximate surface area is 73.9 Å². The Bertz CT molecular complexity index is 154. The highest BCUT2D eigenvalue weighted by molar-refractivity contribution is 4.90. The van der Waals surface area contributed by atoms with Gasteiger partial charge in [0.25, 0.3) is 0 Å². The highest BCUT2D eigenvalue weighted by Crippen LogP contribution is 2.40. The zero-order valence-corrected chi connectivity index (χ0v) is 7.70. The maximum absolute atomic E-state index is 9.91. The number of aliphatic hydroxyl groups is 1. The number of aliphatic hydroxyl groups excluding tert-OH is 1. The summed E-state index contributed by atoms with van der Waals surface area (Å²) in [6.07, 6.45) is 4.84. The summed E-state index contributed by atoms with van der Waals surface area (Å²) < 4.78 is 5.55. The lowest BCUT2D eigenvalue weighted by Crippen LogP contribution is -2.29. The van der Waals surface area contributed by atoms with Crippen LogP contribution in [0.3, 0.4) is 0 Å². The summed E-state index contributed by atoms with van der Waals surface area (Å²) in [5.41, 5.74) is 0. The molecule has 0 aromatic carbocycles. The summed E-state index contributed by atoms with van der Waals surface area (Å²) in [6.45, 7) is 3.00. The number of ether oxygens (including phenoxy) is 1. The molecule has 12 heavy (non-hydrogen) atoms. The molecule has 1 saturated carbocycles. The fourth-order valence-corrected chi connectivity index (χ4v) is 2.26. The molecule has 2 rings (SSSR count). The number of rotatable bonds is 3. The highest BCUT2D eigenvalue weighted by atomic mass is 16.5. The Balaban J connectivity index is 1.91. The molecule has 1 aliphatic heterocycles. The Morgan fingerprint density at radius 3 is 2.75 bits per heavy atom. The summed E-state index contributed by atoms with van der Waals surface area (Å²) in [6, 6.07) is 0. The summed E-state index contributed by atoms with van der Waals surface area (Å²) in [5, 5.41) is 9.91. The Kier molecular flexibility index (Phi) is 2.37. The van der Waals surface area contributed by atoms with E-state index in [0.717, 1.165) is 19.4 Å². The highest BCUT2D eigenvalue weighted by Gasteiger charge is 2.40. The fraction of sp³-hybridized carbons (Fsp3) is 1.00. The van der Waals surface area contributed by atoms with Gasteiger partial charge in [-0.1, -0.05) is 6.92 Å². The first-order valence-electron chi connectivity index (χ1n) is 5.12. The van der Waals surface area contributed by atoms with Crippen molar-refractivity contribution in [3.05, 3.63) is 0 Å². The van der Waals surface area contributed by atoms with E-state index in [9.17, 15) is 5.11 Å². The van der Waals surface area contributed by atoms with E-state index in [1.54, 1.807) is 0 Å². The SMILES string of the molecule is CCC1OCCC1C(O)C1CC1. The third kappa shape index (κ3) is 1.50. The van der Waals surface area contributed by atoms with Gasteiger partial charge in [0, 0.05) is 12.5 Å². The van der Waals surface area contributed by atoms with Crippen LogP contribution in [-0.4, -0.2) is 23.9 Å². The molecule has 2 aliphatic rings. The van der Waals surface area contributed by atoms with E-state index >= 15 is 0 Å². The molecule has 70 valence electrons. The molecule has 1 saturated heterocycles. The second-order valence-electron chi connectivity index (χ2n) is 4.10. The van der Waals surface area contributed by atoms with Gasteiger partial charge in [-0.15, -0.1) is 0 Å². The van der Waals surface area contributed by atoms with Gasteiger partial charge in [0.15, 0.2) is 0 Å². The van der Waals surface area contributed by atoms with Gasteiger partial charge in [-0.3, -0.25) is 0 Å². The summed E-state index contributed by atoms with van der Waals surface area (Å²) >= 11 is 0. The van der Waals surface area contributed by atoms with Gasteiger partial charge in [-0.05, 0) is 31.6 Å². The van der Waals surface area contributed by atoms with Crippen molar-refractivity contribution in [1.29, 1.82) is 0 Å². The van der Waals surface area contributed by atoms with Gasteiger partial charge < -0.3 is 9.84 Å². The smallest absolute Gasteiger partial charge is 0.0626 e. The number of hydrogen-bond donors (Lipinski definition) is 1. The van der Waals surface area contributed by atoms with Gasteiger partial charge in [-0.25, -0.2) is 0 Å². The predicted octanol–water partition coefficient (Wildman–Crippen LogP) is 1.57. The van der Waals surface area contributed by atoms with Crippen molar-refractivity contribution in [2.24, 2.45) is 11.8 Å². The lowest BCUT2D eigenvalue weighted by Gasteiger charge is -2.22. The van der Waals surface area contributed by atoms with Crippen LogP contribution in [-0.2, 0) is 4.74 Å². The third-order valence-electron chi connectivity index (χ3n) is 3.21. The molecule has 1 aliphatic carbocycles. The lowest BCUT2D eigenvalue weighted by molar-refractivity contribution is 0.0216. The average Bonchev–Trinajstić information content (AvgIpc) is 2.82. The summed E-state index contributed by atoms with van der Waals surface area (Å²) in [4.78, 5) is 0. The molecule has 0 radical (unpaired) electrons. The summed E-state index contributed by atoms with van der Waals surface area (Å²) in [5.74, 6) is 1.04. The first-order chi connectivity index (χ1) is 5.83. The molecule has 0 bridgehead atoms. The molecular formula is C10H18O2. The minimum absolute atomic E-state index is 0.0718. The van der Waals surface area contributed by atoms with E-state index in [0.29, 0.717) is 17.9 Å². The van der Waals surface area contributed by atoms with Crippen LogP contribution in [0.25, 0.3) is 0 Å². The van der Waals surface area contributed by atoms with E-state index in [1.165, 1.54) is 12.8 Å². The Morgan fingerprint density at radius 1 is 1.42 bits per heavy atom. The van der Waals surface area contributed by atoms with Crippen molar-refractivity contribution < 1.29 is 9.84 Å². The van der Waals surface area contributed by atoms with Crippen molar-refractivity contribution >= 4 is 0 Å². The van der Waals surface area contributed by atoms with Gasteiger partial charge >= 0.3 is 0 Å². The maximum atomic E-state index is 9.91. The van der Waals surface area contributed by atoms with Crippen LogP contribution in [0, 0.1) is 11.8 Å². The minimum Gasteiger partial charge on any atom is -0.392 e. The van der Waals surface area contributed by atoms with E-state index in [-0.39, 0.29) is 6.10 Å². The average molecular weight is 170 g/mol. The van der Waals surface area contributed by atoms with Crippen LogP contribution in [0.5, 0.6) is 0 Å².